The molecular weight excluding hydrogens is 741 g/mol. The summed E-state index contributed by atoms with van der Waals surface area (Å²) in [5, 5.41) is 8.49. The van der Waals surface area contributed by atoms with Crippen LogP contribution in [0, 0.1) is 5.92 Å². The topological polar surface area (TPSA) is 138 Å². The zero-order valence-electron chi connectivity index (χ0n) is 33.7. The number of nitrogen functional groups attached to an aromatic ring is 1. The van der Waals surface area contributed by atoms with E-state index in [0.717, 1.165) is 91.8 Å². The number of rotatable bonds is 9. The van der Waals surface area contributed by atoms with Gasteiger partial charge >= 0.3 is 0 Å². The van der Waals surface area contributed by atoms with Gasteiger partial charge in [-0.1, -0.05) is 24.3 Å². The van der Waals surface area contributed by atoms with Crippen LogP contribution in [0.1, 0.15) is 68.5 Å². The lowest BCUT2D eigenvalue weighted by atomic mass is 9.92. The first-order valence-corrected chi connectivity index (χ1v) is 21.6. The highest BCUT2D eigenvalue weighted by atomic mass is 16.5. The Labute approximate surface area is 345 Å². The normalized spacial score (nSPS) is 21.9. The molecule has 2 amide bonds. The molecule has 0 saturated carbocycles. The number of carbonyl (C=O) groups excluding carboxylic acids is 2. The number of benzene rings is 3. The number of aromatic nitrogens is 4. The largest absolute Gasteiger partial charge is 0.457 e. The summed E-state index contributed by atoms with van der Waals surface area (Å²) in [6.45, 7) is 9.40. The van der Waals surface area contributed by atoms with Crippen molar-refractivity contribution in [3.8, 4) is 22.8 Å². The SMILES string of the molecule is Nc1ncnc2c1c(-c1ccc(Oc3ccccc3)cc1)nn2C1CCN(CC2CCN(C3CCN(c4ccc5c(c4)CN(C4CCC(=O)NC4=O)C5)CC3)CC2)CC1. The molecule has 306 valence electrons. The standard InChI is InChI=1S/C46H54N10O3/c47-44-42-43(32-7-10-39(11-8-32)59-38-4-2-1-3-5-38)51-56(45(42)49-30-48-44)36-16-20-52(21-17-36)27-31-14-22-53(23-15-31)35-18-24-54(25-19-35)37-9-6-33-28-55(29-34(33)26-37)40-12-13-41(57)50-46(40)58/h1-11,26,30-31,35-36,40H,12-25,27-29H2,(H2,47,48,49)(H,50,57,58). The molecule has 13 nitrogen and oxygen atoms in total. The Bertz CT molecular complexity index is 2290. The van der Waals surface area contributed by atoms with Gasteiger partial charge in [0.15, 0.2) is 5.65 Å². The van der Waals surface area contributed by atoms with Crippen molar-refractivity contribution in [3.63, 3.8) is 0 Å². The number of amides is 2. The first-order chi connectivity index (χ1) is 28.9. The number of anilines is 2. The lowest BCUT2D eigenvalue weighted by Gasteiger charge is -2.43. The summed E-state index contributed by atoms with van der Waals surface area (Å²) < 4.78 is 8.14. The maximum absolute atomic E-state index is 12.5. The summed E-state index contributed by atoms with van der Waals surface area (Å²) in [7, 11) is 0. The van der Waals surface area contributed by atoms with Crippen LogP contribution in [0.25, 0.3) is 22.3 Å². The molecule has 0 bridgehead atoms. The number of nitrogens with two attached hydrogens (primary N) is 1. The summed E-state index contributed by atoms with van der Waals surface area (Å²) in [6, 6.07) is 25.4. The first-order valence-electron chi connectivity index (χ1n) is 21.6. The van der Waals surface area contributed by atoms with E-state index < -0.39 is 0 Å². The molecule has 10 rings (SSSR count). The smallest absolute Gasteiger partial charge is 0.243 e. The van der Waals surface area contributed by atoms with Crippen molar-refractivity contribution in [1.29, 1.82) is 0 Å². The Morgan fingerprint density at radius 2 is 1.46 bits per heavy atom. The fourth-order valence-corrected chi connectivity index (χ4v) is 10.3. The molecular formula is C46H54N10O3. The van der Waals surface area contributed by atoms with Crippen LogP contribution in [-0.2, 0) is 22.7 Å². The minimum atomic E-state index is -0.215. The Balaban J connectivity index is 0.693. The average molecular weight is 795 g/mol. The van der Waals surface area contributed by atoms with Crippen LogP contribution in [0.4, 0.5) is 11.5 Å². The number of para-hydroxylation sites is 1. The molecule has 2 aromatic heterocycles. The van der Waals surface area contributed by atoms with Crippen LogP contribution in [0.2, 0.25) is 0 Å². The van der Waals surface area contributed by atoms with Crippen molar-refractivity contribution in [1.82, 2.24) is 39.8 Å². The highest BCUT2D eigenvalue weighted by molar-refractivity contribution is 6.00. The van der Waals surface area contributed by atoms with E-state index in [1.54, 1.807) is 6.33 Å². The minimum absolute atomic E-state index is 0.146. The molecule has 7 heterocycles. The highest BCUT2D eigenvalue weighted by Crippen LogP contribution is 2.37. The van der Waals surface area contributed by atoms with E-state index in [-0.39, 0.29) is 23.9 Å². The predicted octanol–water partition coefficient (Wildman–Crippen LogP) is 6.01. The van der Waals surface area contributed by atoms with E-state index in [0.29, 0.717) is 24.7 Å². The third-order valence-electron chi connectivity index (χ3n) is 13.6. The van der Waals surface area contributed by atoms with E-state index in [4.69, 9.17) is 20.6 Å². The molecule has 13 heteroatoms. The molecule has 0 spiro atoms. The second-order valence-electron chi connectivity index (χ2n) is 17.2. The van der Waals surface area contributed by atoms with Gasteiger partial charge in [0, 0.05) is 69.5 Å². The van der Waals surface area contributed by atoms with Gasteiger partial charge in [-0.2, -0.15) is 5.10 Å². The van der Waals surface area contributed by atoms with Gasteiger partial charge in [0.25, 0.3) is 0 Å². The molecule has 5 aromatic rings. The molecule has 3 N–H and O–H groups in total. The average Bonchev–Trinajstić information content (AvgIpc) is 3.88. The second-order valence-corrected chi connectivity index (χ2v) is 17.2. The Hall–Kier alpha value is -5.37. The van der Waals surface area contributed by atoms with Crippen molar-refractivity contribution >= 4 is 34.4 Å². The zero-order chi connectivity index (χ0) is 39.9. The van der Waals surface area contributed by atoms with Crippen molar-refractivity contribution in [2.45, 2.75) is 82.6 Å². The second kappa shape index (κ2) is 16.4. The number of hydrogen-bond donors (Lipinski definition) is 2. The van der Waals surface area contributed by atoms with Gasteiger partial charge in [-0.05, 0) is 124 Å². The molecule has 0 aliphatic carbocycles. The van der Waals surface area contributed by atoms with E-state index >= 15 is 0 Å². The number of fused-ring (bicyclic) bond motifs is 2. The fraction of sp³-hybridized carbons (Fsp3) is 0.457. The summed E-state index contributed by atoms with van der Waals surface area (Å²) in [4.78, 5) is 43.4. The lowest BCUT2D eigenvalue weighted by Crippen LogP contribution is -2.50. The van der Waals surface area contributed by atoms with E-state index in [1.807, 2.05) is 54.6 Å². The number of piperidine rings is 4. The highest BCUT2D eigenvalue weighted by Gasteiger charge is 2.36. The van der Waals surface area contributed by atoms with Crippen LogP contribution < -0.4 is 20.7 Å². The zero-order valence-corrected chi connectivity index (χ0v) is 33.7. The van der Waals surface area contributed by atoms with Crippen LogP contribution in [0.3, 0.4) is 0 Å². The molecule has 4 fully saturated rings. The maximum Gasteiger partial charge on any atom is 0.243 e. The lowest BCUT2D eigenvalue weighted by molar-refractivity contribution is -0.137. The van der Waals surface area contributed by atoms with Gasteiger partial charge in [-0.3, -0.25) is 19.8 Å². The van der Waals surface area contributed by atoms with Crippen LogP contribution in [-0.4, -0.2) is 104 Å². The number of imide groups is 1. The van der Waals surface area contributed by atoms with Crippen LogP contribution in [0.15, 0.2) is 79.1 Å². The Morgan fingerprint density at radius 3 is 2.22 bits per heavy atom. The number of likely N-dealkylation sites (tertiary alicyclic amines) is 2. The van der Waals surface area contributed by atoms with Gasteiger partial charge in [0.1, 0.15) is 29.3 Å². The van der Waals surface area contributed by atoms with Gasteiger partial charge in [-0.15, -0.1) is 0 Å². The maximum atomic E-state index is 12.5. The molecule has 1 unspecified atom stereocenters. The number of ether oxygens (including phenoxy) is 1. The van der Waals surface area contributed by atoms with Crippen molar-refractivity contribution < 1.29 is 14.3 Å². The predicted molar refractivity (Wildman–Crippen MR) is 228 cm³/mol. The van der Waals surface area contributed by atoms with Gasteiger partial charge < -0.3 is 25.2 Å². The van der Waals surface area contributed by atoms with Crippen LogP contribution in [0.5, 0.6) is 11.5 Å². The number of nitrogens with zero attached hydrogens (tertiary/aromatic N) is 8. The molecule has 4 saturated heterocycles. The molecule has 0 radical (unpaired) electrons. The van der Waals surface area contributed by atoms with E-state index in [9.17, 15) is 9.59 Å². The van der Waals surface area contributed by atoms with E-state index in [1.165, 1.54) is 62.1 Å². The molecule has 5 aliphatic rings. The fourth-order valence-electron chi connectivity index (χ4n) is 10.3. The quantitative estimate of drug-likeness (QED) is 0.170. The van der Waals surface area contributed by atoms with Crippen LogP contribution >= 0.6 is 0 Å². The molecule has 1 atom stereocenters. The molecule has 3 aromatic carbocycles. The number of hydrogen-bond acceptors (Lipinski definition) is 11. The molecule has 59 heavy (non-hydrogen) atoms. The third-order valence-corrected chi connectivity index (χ3v) is 13.6. The van der Waals surface area contributed by atoms with E-state index in [2.05, 4.69) is 52.8 Å². The Morgan fingerprint density at radius 1 is 0.729 bits per heavy atom. The summed E-state index contributed by atoms with van der Waals surface area (Å²) in [5.74, 6) is 2.46. The third kappa shape index (κ3) is 7.91. The van der Waals surface area contributed by atoms with Gasteiger partial charge in [-0.25, -0.2) is 14.6 Å². The Kier molecular flexibility index (Phi) is 10.5. The van der Waals surface area contributed by atoms with Crippen molar-refractivity contribution in [2.24, 2.45) is 5.92 Å². The van der Waals surface area contributed by atoms with Gasteiger partial charge in [0.05, 0.1) is 17.5 Å². The van der Waals surface area contributed by atoms with Gasteiger partial charge in [0.2, 0.25) is 11.8 Å². The monoisotopic (exact) mass is 794 g/mol. The number of carbonyl (C=O) groups is 2. The van der Waals surface area contributed by atoms with Crippen molar-refractivity contribution in [3.05, 3.63) is 90.3 Å². The molecule has 5 aliphatic heterocycles. The number of nitrogens with one attached hydrogen (secondary N) is 1. The summed E-state index contributed by atoms with van der Waals surface area (Å²) in [6.07, 6.45) is 9.59. The van der Waals surface area contributed by atoms with Crippen molar-refractivity contribution in [2.75, 3.05) is 56.4 Å². The summed E-state index contributed by atoms with van der Waals surface area (Å²) in [5.41, 5.74) is 13.0. The summed E-state index contributed by atoms with van der Waals surface area (Å²) >= 11 is 0. The minimum Gasteiger partial charge on any atom is -0.457 e. The first kappa shape index (κ1) is 37.9.